The number of nitrogens with two attached hydrogens (primary N) is 1. The van der Waals surface area contributed by atoms with Gasteiger partial charge < -0.3 is 4.98 Å². The normalized spacial score (nSPS) is 10.4. The Morgan fingerprint density at radius 3 is 2.61 bits per heavy atom. The van der Waals surface area contributed by atoms with Crippen molar-refractivity contribution in [2.24, 2.45) is 5.84 Å². The number of nitrogens with one attached hydrogen (secondary N) is 2. The average molecular weight is 264 g/mol. The van der Waals surface area contributed by atoms with Gasteiger partial charge in [0.1, 0.15) is 5.03 Å². The number of aromatic amines is 1. The van der Waals surface area contributed by atoms with Crippen LogP contribution in [0, 0.1) is 13.8 Å². The minimum Gasteiger partial charge on any atom is -0.301 e. The molecule has 94 valence electrons. The molecule has 2 aromatic rings. The molecule has 0 aliphatic heterocycles. The first-order valence-electron chi connectivity index (χ1n) is 5.15. The Bertz CT molecular complexity index is 626. The first-order chi connectivity index (χ1) is 8.56. The van der Waals surface area contributed by atoms with Gasteiger partial charge in [-0.05, 0) is 31.7 Å². The molecule has 0 saturated heterocycles. The Hall–Kier alpha value is -1.93. The number of aromatic nitrogens is 4. The lowest BCUT2D eigenvalue weighted by molar-refractivity contribution is 0.898. The van der Waals surface area contributed by atoms with Gasteiger partial charge >= 0.3 is 0 Å². The Morgan fingerprint density at radius 1 is 1.22 bits per heavy atom. The molecule has 0 aliphatic rings. The summed E-state index contributed by atoms with van der Waals surface area (Å²) in [5.41, 5.74) is 3.63. The summed E-state index contributed by atoms with van der Waals surface area (Å²) >= 11 is 1.25. The second kappa shape index (κ2) is 5.15. The van der Waals surface area contributed by atoms with Gasteiger partial charge in [0.2, 0.25) is 5.95 Å². The fourth-order valence-electron chi connectivity index (χ4n) is 1.36. The van der Waals surface area contributed by atoms with E-state index in [1.54, 1.807) is 13.0 Å². The molecular formula is C10H12N6OS. The van der Waals surface area contributed by atoms with Crippen LogP contribution in [-0.4, -0.2) is 19.9 Å². The molecule has 2 rings (SSSR count). The van der Waals surface area contributed by atoms with E-state index in [0.717, 1.165) is 5.69 Å². The summed E-state index contributed by atoms with van der Waals surface area (Å²) in [6.07, 6.45) is 0. The topological polar surface area (TPSA) is 110 Å². The third-order valence-corrected chi connectivity index (χ3v) is 2.81. The highest BCUT2D eigenvalue weighted by atomic mass is 32.2. The first kappa shape index (κ1) is 12.5. The van der Waals surface area contributed by atoms with Gasteiger partial charge in [0.25, 0.3) is 5.56 Å². The number of rotatable bonds is 3. The van der Waals surface area contributed by atoms with Crippen LogP contribution in [0.1, 0.15) is 11.4 Å². The number of hydrazine groups is 1. The molecule has 0 amide bonds. The van der Waals surface area contributed by atoms with E-state index in [-0.39, 0.29) is 5.56 Å². The highest BCUT2D eigenvalue weighted by Gasteiger charge is 2.06. The van der Waals surface area contributed by atoms with E-state index in [1.165, 1.54) is 17.8 Å². The molecule has 2 aromatic heterocycles. The Morgan fingerprint density at radius 2 is 1.94 bits per heavy atom. The Balaban J connectivity index is 2.33. The molecule has 0 atom stereocenters. The van der Waals surface area contributed by atoms with Crippen molar-refractivity contribution >= 4 is 17.7 Å². The predicted molar refractivity (Wildman–Crippen MR) is 68.3 cm³/mol. The number of hydrogen-bond donors (Lipinski definition) is 3. The zero-order chi connectivity index (χ0) is 13.1. The predicted octanol–water partition coefficient (Wildman–Crippen LogP) is 0.614. The lowest BCUT2D eigenvalue weighted by atomic mass is 10.5. The van der Waals surface area contributed by atoms with E-state index in [2.05, 4.69) is 25.4 Å². The minimum absolute atomic E-state index is 0.187. The van der Waals surface area contributed by atoms with E-state index < -0.39 is 0 Å². The molecule has 0 fully saturated rings. The number of hydrogen-bond acceptors (Lipinski definition) is 7. The van der Waals surface area contributed by atoms with E-state index in [4.69, 9.17) is 5.84 Å². The zero-order valence-corrected chi connectivity index (χ0v) is 10.7. The van der Waals surface area contributed by atoms with Crippen molar-refractivity contribution in [3.8, 4) is 0 Å². The van der Waals surface area contributed by atoms with Gasteiger partial charge in [-0.1, -0.05) is 0 Å². The molecule has 0 bridgehead atoms. The van der Waals surface area contributed by atoms with E-state index in [1.807, 2.05) is 6.92 Å². The lowest BCUT2D eigenvalue weighted by Gasteiger charge is -2.04. The number of H-pyrrole nitrogens is 1. The average Bonchev–Trinajstić information content (AvgIpc) is 2.26. The van der Waals surface area contributed by atoms with E-state index in [9.17, 15) is 4.79 Å². The van der Waals surface area contributed by atoms with Gasteiger partial charge in [-0.25, -0.2) is 20.8 Å². The first-order valence-corrected chi connectivity index (χ1v) is 5.96. The second-order valence-corrected chi connectivity index (χ2v) is 4.62. The number of nitrogen functional groups attached to an aromatic ring is 1. The van der Waals surface area contributed by atoms with Gasteiger partial charge in [0.15, 0.2) is 5.16 Å². The van der Waals surface area contributed by atoms with Crippen molar-refractivity contribution in [2.75, 3.05) is 5.43 Å². The van der Waals surface area contributed by atoms with Crippen molar-refractivity contribution in [1.29, 1.82) is 0 Å². The number of anilines is 1. The number of nitrogens with zero attached hydrogens (tertiary/aromatic N) is 3. The van der Waals surface area contributed by atoms with E-state index in [0.29, 0.717) is 21.8 Å². The highest BCUT2D eigenvalue weighted by Crippen LogP contribution is 2.23. The van der Waals surface area contributed by atoms with Gasteiger partial charge in [-0.15, -0.1) is 0 Å². The van der Waals surface area contributed by atoms with Gasteiger partial charge in [-0.3, -0.25) is 10.2 Å². The summed E-state index contributed by atoms with van der Waals surface area (Å²) in [7, 11) is 0. The van der Waals surface area contributed by atoms with Crippen LogP contribution in [0.4, 0.5) is 5.95 Å². The fourth-order valence-corrected chi connectivity index (χ4v) is 2.26. The van der Waals surface area contributed by atoms with Crippen molar-refractivity contribution in [1.82, 2.24) is 19.9 Å². The number of aryl methyl sites for hydroxylation is 2. The summed E-state index contributed by atoms with van der Waals surface area (Å²) in [5.74, 6) is 5.60. The maximum absolute atomic E-state index is 11.3. The summed E-state index contributed by atoms with van der Waals surface area (Å²) in [5, 5.41) is 1.14. The third-order valence-electron chi connectivity index (χ3n) is 2.01. The third kappa shape index (κ3) is 3.05. The van der Waals surface area contributed by atoms with Crippen LogP contribution in [0.2, 0.25) is 0 Å². The van der Waals surface area contributed by atoms with E-state index >= 15 is 0 Å². The molecule has 0 saturated carbocycles. The molecule has 0 unspecified atom stereocenters. The molecule has 2 heterocycles. The van der Waals surface area contributed by atoms with Gasteiger partial charge in [0, 0.05) is 17.5 Å². The van der Waals surface area contributed by atoms with Gasteiger partial charge in [-0.2, -0.15) is 0 Å². The van der Waals surface area contributed by atoms with Crippen LogP contribution in [0.25, 0.3) is 0 Å². The molecule has 0 radical (unpaired) electrons. The minimum atomic E-state index is -0.187. The summed E-state index contributed by atoms with van der Waals surface area (Å²) < 4.78 is 0. The fraction of sp³-hybridized carbons (Fsp3) is 0.200. The maximum Gasteiger partial charge on any atom is 0.251 e. The van der Waals surface area contributed by atoms with Crippen LogP contribution in [-0.2, 0) is 0 Å². The standard InChI is InChI=1S/C10H12N6OS/c1-5-3-7(17)14-10(13-5)18-8-4-6(2)12-9(15-8)16-11/h3-4H,11H2,1-2H3,(H,12,15,16)(H,13,14,17). The smallest absolute Gasteiger partial charge is 0.251 e. The van der Waals surface area contributed by atoms with Crippen LogP contribution >= 0.6 is 11.8 Å². The van der Waals surface area contributed by atoms with Crippen LogP contribution in [0.15, 0.2) is 27.1 Å². The quantitative estimate of drug-likeness (QED) is 0.322. The SMILES string of the molecule is Cc1cc(Sc2nc(C)cc(=O)[nH]2)nc(NN)n1. The molecular weight excluding hydrogens is 252 g/mol. The van der Waals surface area contributed by atoms with Crippen molar-refractivity contribution < 1.29 is 0 Å². The van der Waals surface area contributed by atoms with Crippen molar-refractivity contribution in [2.45, 2.75) is 24.0 Å². The highest BCUT2D eigenvalue weighted by molar-refractivity contribution is 7.99. The summed E-state index contributed by atoms with van der Waals surface area (Å²) in [6, 6.07) is 3.22. The van der Waals surface area contributed by atoms with Crippen molar-refractivity contribution in [3.63, 3.8) is 0 Å². The molecule has 7 nitrogen and oxygen atoms in total. The molecule has 0 spiro atoms. The summed E-state index contributed by atoms with van der Waals surface area (Å²) in [4.78, 5) is 26.4. The largest absolute Gasteiger partial charge is 0.301 e. The molecule has 8 heteroatoms. The molecule has 18 heavy (non-hydrogen) atoms. The van der Waals surface area contributed by atoms with Crippen LogP contribution in [0.5, 0.6) is 0 Å². The maximum atomic E-state index is 11.3. The molecule has 0 aliphatic carbocycles. The van der Waals surface area contributed by atoms with Crippen LogP contribution < -0.4 is 16.8 Å². The second-order valence-electron chi connectivity index (χ2n) is 3.61. The lowest BCUT2D eigenvalue weighted by Crippen LogP contribution is -2.11. The van der Waals surface area contributed by atoms with Crippen molar-refractivity contribution in [3.05, 3.63) is 33.9 Å². The Kier molecular flexibility index (Phi) is 3.58. The summed E-state index contributed by atoms with van der Waals surface area (Å²) in [6.45, 7) is 3.59. The van der Waals surface area contributed by atoms with Gasteiger partial charge in [0.05, 0.1) is 0 Å². The molecule has 0 aromatic carbocycles. The Labute approximate surface area is 107 Å². The monoisotopic (exact) mass is 264 g/mol. The molecule has 4 N–H and O–H groups in total. The zero-order valence-electron chi connectivity index (χ0n) is 9.89. The van der Waals surface area contributed by atoms with Crippen LogP contribution in [0.3, 0.4) is 0 Å².